The van der Waals surface area contributed by atoms with Crippen LogP contribution in [0, 0.1) is 6.92 Å². The Morgan fingerprint density at radius 2 is 1.95 bits per heavy atom. The van der Waals surface area contributed by atoms with Crippen molar-refractivity contribution in [1.82, 2.24) is 15.0 Å². The fraction of sp³-hybridized carbons (Fsp3) is 0.231. The van der Waals surface area contributed by atoms with Gasteiger partial charge in [-0.1, -0.05) is 0 Å². The first kappa shape index (κ1) is 10.4. The maximum Gasteiger partial charge on any atom is 0.192 e. The van der Waals surface area contributed by atoms with Crippen LogP contribution in [0.4, 0.5) is 0 Å². The van der Waals surface area contributed by atoms with Crippen molar-refractivity contribution in [1.29, 1.82) is 0 Å². The molecule has 3 aromatic rings. The number of H-pyrrole nitrogens is 1. The van der Waals surface area contributed by atoms with E-state index in [2.05, 4.69) is 15.0 Å². The number of aromatic amines is 1. The lowest BCUT2D eigenvalue weighted by Gasteiger charge is -2.17. The summed E-state index contributed by atoms with van der Waals surface area (Å²) in [6.07, 6.45) is 1.41. The average molecular weight is 257 g/mol. The van der Waals surface area contributed by atoms with Crippen molar-refractivity contribution in [3.8, 4) is 23.1 Å². The predicted molar refractivity (Wildman–Crippen MR) is 67.3 cm³/mol. The van der Waals surface area contributed by atoms with Gasteiger partial charge in [0.1, 0.15) is 13.2 Å². The zero-order valence-corrected chi connectivity index (χ0v) is 10.3. The van der Waals surface area contributed by atoms with Crippen LogP contribution in [0.1, 0.15) is 5.69 Å². The molecule has 1 N–H and O–H groups in total. The lowest BCUT2D eigenvalue weighted by molar-refractivity contribution is 0.172. The minimum absolute atomic E-state index is 0.566. The number of fused-ring (bicyclic) bond motifs is 2. The molecule has 0 saturated heterocycles. The van der Waals surface area contributed by atoms with Crippen molar-refractivity contribution in [3.05, 3.63) is 24.2 Å². The summed E-state index contributed by atoms with van der Waals surface area (Å²) in [6.45, 7) is 3.01. The topological polar surface area (TPSA) is 73.2 Å². The van der Waals surface area contributed by atoms with E-state index in [4.69, 9.17) is 13.9 Å². The molecule has 0 saturated carbocycles. The molecule has 1 aliphatic rings. The molecule has 1 aliphatic heterocycles. The van der Waals surface area contributed by atoms with Gasteiger partial charge in [-0.25, -0.2) is 9.97 Å². The summed E-state index contributed by atoms with van der Waals surface area (Å²) >= 11 is 0. The minimum Gasteiger partial charge on any atom is -0.486 e. The molecule has 0 aliphatic carbocycles. The molecule has 96 valence electrons. The molecule has 0 radical (unpaired) electrons. The predicted octanol–water partition coefficient (Wildman–Crippen LogP) is 2.30. The first-order chi connectivity index (χ1) is 9.31. The third kappa shape index (κ3) is 1.56. The number of rotatable bonds is 1. The molecule has 1 aromatic carbocycles. The van der Waals surface area contributed by atoms with Crippen LogP contribution < -0.4 is 9.47 Å². The van der Waals surface area contributed by atoms with Gasteiger partial charge in [-0.15, -0.1) is 0 Å². The smallest absolute Gasteiger partial charge is 0.192 e. The fourth-order valence-electron chi connectivity index (χ4n) is 2.18. The zero-order valence-electron chi connectivity index (χ0n) is 10.3. The van der Waals surface area contributed by atoms with Gasteiger partial charge in [0.25, 0.3) is 0 Å². The largest absolute Gasteiger partial charge is 0.486 e. The van der Waals surface area contributed by atoms with Gasteiger partial charge in [-0.2, -0.15) is 0 Å². The normalized spacial score (nSPS) is 13.9. The van der Waals surface area contributed by atoms with Crippen molar-refractivity contribution in [2.24, 2.45) is 0 Å². The quantitative estimate of drug-likeness (QED) is 0.724. The van der Waals surface area contributed by atoms with E-state index < -0.39 is 0 Å². The average Bonchev–Trinajstić information content (AvgIpc) is 3.01. The second-order valence-electron chi connectivity index (χ2n) is 4.37. The SMILES string of the molecule is Cc1ncoc1-c1nc2cc3c(cc2[nH]1)OCCO3. The van der Waals surface area contributed by atoms with Gasteiger partial charge < -0.3 is 18.9 Å². The van der Waals surface area contributed by atoms with E-state index in [-0.39, 0.29) is 0 Å². The Kier molecular flexibility index (Phi) is 2.05. The highest BCUT2D eigenvalue weighted by molar-refractivity contribution is 5.82. The van der Waals surface area contributed by atoms with Crippen LogP contribution in [0.2, 0.25) is 0 Å². The Hall–Kier alpha value is -2.50. The summed E-state index contributed by atoms with van der Waals surface area (Å²) < 4.78 is 16.4. The molecule has 0 atom stereocenters. The molecular formula is C13H11N3O3. The maximum atomic E-state index is 5.55. The fourth-order valence-corrected chi connectivity index (χ4v) is 2.18. The van der Waals surface area contributed by atoms with Crippen LogP contribution in [-0.4, -0.2) is 28.2 Å². The molecule has 0 amide bonds. The second kappa shape index (κ2) is 3.74. The summed E-state index contributed by atoms with van der Waals surface area (Å²) in [5.74, 6) is 2.78. The summed E-state index contributed by atoms with van der Waals surface area (Å²) in [6, 6.07) is 3.77. The number of nitrogens with one attached hydrogen (secondary N) is 1. The maximum absolute atomic E-state index is 5.55. The first-order valence-corrected chi connectivity index (χ1v) is 6.01. The third-order valence-electron chi connectivity index (χ3n) is 3.11. The number of aryl methyl sites for hydroxylation is 1. The molecule has 2 aromatic heterocycles. The van der Waals surface area contributed by atoms with Crippen LogP contribution in [0.5, 0.6) is 11.5 Å². The number of oxazole rings is 1. The number of hydrogen-bond donors (Lipinski definition) is 1. The summed E-state index contributed by atoms with van der Waals surface area (Å²) in [5, 5.41) is 0. The summed E-state index contributed by atoms with van der Waals surface area (Å²) in [7, 11) is 0. The summed E-state index contributed by atoms with van der Waals surface area (Å²) in [5.41, 5.74) is 2.50. The highest BCUT2D eigenvalue weighted by Gasteiger charge is 2.17. The molecular weight excluding hydrogens is 246 g/mol. The van der Waals surface area contributed by atoms with Gasteiger partial charge in [-0.05, 0) is 6.92 Å². The molecule has 0 spiro atoms. The van der Waals surface area contributed by atoms with E-state index >= 15 is 0 Å². The van der Waals surface area contributed by atoms with E-state index in [1.165, 1.54) is 6.39 Å². The van der Waals surface area contributed by atoms with Crippen LogP contribution in [0.3, 0.4) is 0 Å². The van der Waals surface area contributed by atoms with Gasteiger partial charge in [0.15, 0.2) is 29.5 Å². The van der Waals surface area contributed by atoms with E-state index in [0.29, 0.717) is 24.8 Å². The van der Waals surface area contributed by atoms with E-state index in [1.807, 2.05) is 19.1 Å². The van der Waals surface area contributed by atoms with Gasteiger partial charge in [-0.3, -0.25) is 0 Å². The number of benzene rings is 1. The lowest BCUT2D eigenvalue weighted by atomic mass is 10.2. The zero-order chi connectivity index (χ0) is 12.8. The van der Waals surface area contributed by atoms with Gasteiger partial charge in [0.2, 0.25) is 0 Å². The standard InChI is InChI=1S/C13H11N3O3/c1-7-12(19-6-14-7)13-15-8-4-10-11(5-9(8)16-13)18-3-2-17-10/h4-6H,2-3H2,1H3,(H,15,16). The number of hydrogen-bond acceptors (Lipinski definition) is 5. The van der Waals surface area contributed by atoms with Gasteiger partial charge >= 0.3 is 0 Å². The van der Waals surface area contributed by atoms with Crippen LogP contribution in [-0.2, 0) is 0 Å². The molecule has 6 nitrogen and oxygen atoms in total. The first-order valence-electron chi connectivity index (χ1n) is 6.01. The van der Waals surface area contributed by atoms with Crippen molar-refractivity contribution in [2.45, 2.75) is 6.92 Å². The molecule has 0 fully saturated rings. The highest BCUT2D eigenvalue weighted by Crippen LogP contribution is 2.34. The Labute approximate surface area is 108 Å². The second-order valence-corrected chi connectivity index (χ2v) is 4.37. The van der Waals surface area contributed by atoms with Gasteiger partial charge in [0, 0.05) is 12.1 Å². The van der Waals surface area contributed by atoms with Crippen molar-refractivity contribution >= 4 is 11.0 Å². The van der Waals surface area contributed by atoms with E-state index in [9.17, 15) is 0 Å². The lowest BCUT2D eigenvalue weighted by Crippen LogP contribution is -2.15. The Morgan fingerprint density at radius 1 is 1.16 bits per heavy atom. The minimum atomic E-state index is 0.566. The number of nitrogens with zero attached hydrogens (tertiary/aromatic N) is 2. The van der Waals surface area contributed by atoms with Gasteiger partial charge in [0.05, 0.1) is 16.7 Å². The van der Waals surface area contributed by atoms with Crippen LogP contribution in [0.25, 0.3) is 22.6 Å². The van der Waals surface area contributed by atoms with E-state index in [0.717, 1.165) is 28.2 Å². The van der Waals surface area contributed by atoms with Crippen molar-refractivity contribution < 1.29 is 13.9 Å². The van der Waals surface area contributed by atoms with Crippen molar-refractivity contribution in [3.63, 3.8) is 0 Å². The molecule has 6 heteroatoms. The molecule has 4 rings (SSSR count). The third-order valence-corrected chi connectivity index (χ3v) is 3.11. The van der Waals surface area contributed by atoms with Crippen LogP contribution in [0.15, 0.2) is 22.9 Å². The molecule has 3 heterocycles. The number of imidazole rings is 1. The molecule has 0 bridgehead atoms. The molecule has 0 unspecified atom stereocenters. The Bertz CT molecular complexity index is 717. The van der Waals surface area contributed by atoms with E-state index in [1.54, 1.807) is 0 Å². The summed E-state index contributed by atoms with van der Waals surface area (Å²) in [4.78, 5) is 11.8. The number of ether oxygens (including phenoxy) is 2. The Balaban J connectivity index is 1.90. The monoisotopic (exact) mass is 257 g/mol. The van der Waals surface area contributed by atoms with Crippen LogP contribution >= 0.6 is 0 Å². The molecule has 19 heavy (non-hydrogen) atoms. The Morgan fingerprint density at radius 3 is 2.68 bits per heavy atom. The highest BCUT2D eigenvalue weighted by atomic mass is 16.6. The van der Waals surface area contributed by atoms with Crippen molar-refractivity contribution in [2.75, 3.05) is 13.2 Å². The number of aromatic nitrogens is 3.